The maximum atomic E-state index is 12.5. The summed E-state index contributed by atoms with van der Waals surface area (Å²) in [5.41, 5.74) is 18.1. The lowest BCUT2D eigenvalue weighted by molar-refractivity contribution is -0.105. The maximum absolute atomic E-state index is 12.5. The summed E-state index contributed by atoms with van der Waals surface area (Å²) in [6.45, 7) is -0.491. The molecule has 12 nitrogen and oxygen atoms in total. The van der Waals surface area contributed by atoms with Crippen LogP contribution in [0.25, 0.3) is 20.9 Å². The monoisotopic (exact) mass is 538 g/mol. The van der Waals surface area contributed by atoms with Crippen molar-refractivity contribution in [2.24, 2.45) is 10.2 Å². The van der Waals surface area contributed by atoms with Gasteiger partial charge in [-0.1, -0.05) is 101 Å². The average molecular weight is 539 g/mol. The van der Waals surface area contributed by atoms with Crippen LogP contribution < -0.4 is 11.2 Å². The van der Waals surface area contributed by atoms with Gasteiger partial charge in [-0.15, -0.1) is 0 Å². The number of aromatic amines is 1. The first-order valence-corrected chi connectivity index (χ1v) is 12.4. The Morgan fingerprint density at radius 3 is 1.75 bits per heavy atom. The minimum absolute atomic E-state index is 0.0808. The molecule has 0 bridgehead atoms. The highest BCUT2D eigenvalue weighted by Crippen LogP contribution is 2.40. The lowest BCUT2D eigenvalue weighted by Gasteiger charge is -2.37. The third-order valence-electron chi connectivity index (χ3n) is 6.19. The molecule has 1 aromatic heterocycles. The number of nitrogens with one attached hydrogen (secondary N) is 1. The minimum Gasteiger partial charge on any atom is -0.358 e. The fourth-order valence-corrected chi connectivity index (χ4v) is 4.43. The van der Waals surface area contributed by atoms with Crippen molar-refractivity contribution < 1.29 is 9.47 Å². The highest BCUT2D eigenvalue weighted by atomic mass is 16.6. The van der Waals surface area contributed by atoms with Gasteiger partial charge >= 0.3 is 5.69 Å². The number of ether oxygens (including phenoxy) is 2. The Kier molecular flexibility index (Phi) is 9.49. The van der Waals surface area contributed by atoms with E-state index >= 15 is 0 Å². The molecule has 0 fully saturated rings. The number of benzene rings is 3. The molecule has 1 N–H and O–H groups in total. The SMILES string of the molecule is [N-]=[N+]=NCC(COC(c1ccccc1)(c1ccccc1)c1ccccc1)OC(CN=[N+]=[N-])n1ccc(=O)[nH]c1=O. The van der Waals surface area contributed by atoms with Gasteiger partial charge in [-0.3, -0.25) is 14.3 Å². The third-order valence-corrected chi connectivity index (χ3v) is 6.19. The number of azide groups is 2. The topological polar surface area (TPSA) is 171 Å². The van der Waals surface area contributed by atoms with Crippen LogP contribution in [0.4, 0.5) is 0 Å². The second kappa shape index (κ2) is 13.6. The molecule has 0 amide bonds. The number of hydrogen-bond acceptors (Lipinski definition) is 6. The van der Waals surface area contributed by atoms with Gasteiger partial charge in [0.15, 0.2) is 0 Å². The van der Waals surface area contributed by atoms with E-state index in [1.165, 1.54) is 6.20 Å². The zero-order valence-corrected chi connectivity index (χ0v) is 21.4. The highest BCUT2D eigenvalue weighted by molar-refractivity contribution is 5.47. The van der Waals surface area contributed by atoms with Crippen molar-refractivity contribution >= 4 is 0 Å². The fourth-order valence-electron chi connectivity index (χ4n) is 4.43. The molecule has 4 rings (SSSR count). The van der Waals surface area contributed by atoms with E-state index in [4.69, 9.17) is 20.5 Å². The van der Waals surface area contributed by atoms with E-state index in [9.17, 15) is 9.59 Å². The highest BCUT2D eigenvalue weighted by Gasteiger charge is 2.38. The van der Waals surface area contributed by atoms with Gasteiger partial charge in [-0.05, 0) is 27.8 Å². The Morgan fingerprint density at radius 1 is 0.775 bits per heavy atom. The molecule has 40 heavy (non-hydrogen) atoms. The average Bonchev–Trinajstić information content (AvgIpc) is 3.00. The molecule has 0 aliphatic heterocycles. The van der Waals surface area contributed by atoms with Gasteiger partial charge in [0.1, 0.15) is 11.8 Å². The molecular weight excluding hydrogens is 512 g/mol. The summed E-state index contributed by atoms with van der Waals surface area (Å²) < 4.78 is 14.0. The molecule has 0 saturated heterocycles. The van der Waals surface area contributed by atoms with Crippen LogP contribution in [-0.4, -0.2) is 35.4 Å². The third kappa shape index (κ3) is 6.47. The Bertz CT molecular complexity index is 1500. The van der Waals surface area contributed by atoms with E-state index < -0.39 is 29.2 Å². The molecule has 0 aliphatic carbocycles. The van der Waals surface area contributed by atoms with Crippen molar-refractivity contribution in [2.45, 2.75) is 17.9 Å². The molecule has 2 unspecified atom stereocenters. The molecule has 3 aromatic carbocycles. The Labute approximate surface area is 228 Å². The summed E-state index contributed by atoms with van der Waals surface area (Å²) in [6, 6.07) is 30.2. The smallest absolute Gasteiger partial charge is 0.330 e. The van der Waals surface area contributed by atoms with E-state index in [-0.39, 0.29) is 19.7 Å². The van der Waals surface area contributed by atoms with E-state index in [0.29, 0.717) is 0 Å². The predicted molar refractivity (Wildman–Crippen MR) is 148 cm³/mol. The summed E-state index contributed by atoms with van der Waals surface area (Å²) in [5, 5.41) is 7.24. The number of hydrogen-bond donors (Lipinski definition) is 1. The van der Waals surface area contributed by atoms with Crippen LogP contribution in [0.3, 0.4) is 0 Å². The molecule has 0 saturated carbocycles. The standard InChI is InChI=1S/C28H26N8O4/c29-34-31-18-24(40-26(19-32-35-30)36-17-16-25(37)33-27(36)38)20-39-28(21-10-4-1-5-11-21,22-12-6-2-7-13-22)23-14-8-3-9-15-23/h1-17,24,26H,18-20H2,(H,33,37,38). The van der Waals surface area contributed by atoms with Crippen LogP contribution in [0.1, 0.15) is 22.9 Å². The fraction of sp³-hybridized carbons (Fsp3) is 0.214. The van der Waals surface area contributed by atoms with Gasteiger partial charge < -0.3 is 9.47 Å². The Morgan fingerprint density at radius 2 is 1.27 bits per heavy atom. The second-order valence-electron chi connectivity index (χ2n) is 8.65. The van der Waals surface area contributed by atoms with E-state index in [1.54, 1.807) is 0 Å². The first kappa shape index (κ1) is 27.9. The van der Waals surface area contributed by atoms with Crippen molar-refractivity contribution in [3.8, 4) is 0 Å². The summed E-state index contributed by atoms with van der Waals surface area (Å²) >= 11 is 0. The molecule has 2 atom stereocenters. The van der Waals surface area contributed by atoms with Gasteiger partial charge in [-0.25, -0.2) is 4.79 Å². The van der Waals surface area contributed by atoms with Crippen molar-refractivity contribution in [2.75, 3.05) is 19.7 Å². The van der Waals surface area contributed by atoms with Crippen LogP contribution in [-0.2, 0) is 15.1 Å². The first-order chi connectivity index (χ1) is 19.6. The van der Waals surface area contributed by atoms with Gasteiger partial charge in [0.25, 0.3) is 5.56 Å². The maximum Gasteiger partial charge on any atom is 0.330 e. The van der Waals surface area contributed by atoms with Gasteiger partial charge in [0.2, 0.25) is 0 Å². The van der Waals surface area contributed by atoms with Crippen LogP contribution in [0, 0.1) is 0 Å². The zero-order chi connectivity index (χ0) is 28.2. The number of H-pyrrole nitrogens is 1. The van der Waals surface area contributed by atoms with Gasteiger partial charge in [-0.2, -0.15) is 0 Å². The second-order valence-corrected chi connectivity index (χ2v) is 8.65. The van der Waals surface area contributed by atoms with Crippen LogP contribution in [0.15, 0.2) is 123 Å². The molecule has 0 spiro atoms. The quantitative estimate of drug-likeness (QED) is 0.109. The van der Waals surface area contributed by atoms with Crippen LogP contribution in [0.2, 0.25) is 0 Å². The van der Waals surface area contributed by atoms with Crippen molar-refractivity contribution in [3.63, 3.8) is 0 Å². The zero-order valence-electron chi connectivity index (χ0n) is 21.4. The largest absolute Gasteiger partial charge is 0.358 e. The summed E-state index contributed by atoms with van der Waals surface area (Å²) in [5.74, 6) is 0. The summed E-state index contributed by atoms with van der Waals surface area (Å²) in [4.78, 5) is 31.9. The lowest BCUT2D eigenvalue weighted by Crippen LogP contribution is -2.40. The number of rotatable bonds is 13. The molecular formula is C28H26N8O4. The van der Waals surface area contributed by atoms with E-state index in [1.807, 2.05) is 91.0 Å². The lowest BCUT2D eigenvalue weighted by atomic mass is 9.80. The van der Waals surface area contributed by atoms with Gasteiger partial charge in [0.05, 0.1) is 25.8 Å². The molecule has 12 heteroatoms. The Balaban J connectivity index is 1.76. The first-order valence-electron chi connectivity index (χ1n) is 12.4. The molecule has 0 aliphatic rings. The van der Waals surface area contributed by atoms with Crippen molar-refractivity contribution in [3.05, 3.63) is 162 Å². The molecule has 1 heterocycles. The van der Waals surface area contributed by atoms with Crippen molar-refractivity contribution in [1.82, 2.24) is 9.55 Å². The summed E-state index contributed by atoms with van der Waals surface area (Å²) in [6.07, 6.45) is -0.738. The van der Waals surface area contributed by atoms with E-state index in [0.717, 1.165) is 27.3 Å². The summed E-state index contributed by atoms with van der Waals surface area (Å²) in [7, 11) is 0. The molecule has 0 radical (unpaired) electrons. The van der Waals surface area contributed by atoms with Crippen LogP contribution >= 0.6 is 0 Å². The van der Waals surface area contributed by atoms with Gasteiger partial charge in [0, 0.05) is 22.1 Å². The van der Waals surface area contributed by atoms with E-state index in [2.05, 4.69) is 25.0 Å². The van der Waals surface area contributed by atoms with Crippen molar-refractivity contribution in [1.29, 1.82) is 0 Å². The number of nitrogens with zero attached hydrogens (tertiary/aromatic N) is 7. The molecule has 202 valence electrons. The predicted octanol–water partition coefficient (Wildman–Crippen LogP) is 5.05. The Hall–Kier alpha value is -5.12. The minimum atomic E-state index is -1.11. The molecule has 4 aromatic rings. The van der Waals surface area contributed by atoms with Crippen LogP contribution in [0.5, 0.6) is 0 Å². The number of aromatic nitrogens is 2. The normalized spacial score (nSPS) is 12.5.